The van der Waals surface area contributed by atoms with Gasteiger partial charge in [-0.3, -0.25) is 10.1 Å². The molecule has 1 atom stereocenters. The molecule has 0 spiro atoms. The molecule has 0 aromatic heterocycles. The summed E-state index contributed by atoms with van der Waals surface area (Å²) < 4.78 is 27.9. The summed E-state index contributed by atoms with van der Waals surface area (Å²) >= 11 is 3.18. The molecule has 112 valence electrons. The SMILES string of the molecule is Cc1cc(Br)cc([N+](=O)[O-])c1OCC(C)CS(N)(=O)=O. The Morgan fingerprint density at radius 3 is 2.60 bits per heavy atom. The second-order valence-corrected chi connectivity index (χ2v) is 7.15. The number of nitro groups is 1. The normalized spacial score (nSPS) is 13.0. The highest BCUT2D eigenvalue weighted by Crippen LogP contribution is 2.34. The number of benzene rings is 1. The second-order valence-electron chi connectivity index (χ2n) is 4.57. The van der Waals surface area contributed by atoms with Gasteiger partial charge in [0.05, 0.1) is 17.3 Å². The minimum absolute atomic E-state index is 0.0275. The summed E-state index contributed by atoms with van der Waals surface area (Å²) in [7, 11) is -3.59. The number of halogens is 1. The quantitative estimate of drug-likeness (QED) is 0.610. The molecular weight excluding hydrogens is 352 g/mol. The van der Waals surface area contributed by atoms with E-state index in [4.69, 9.17) is 9.88 Å². The highest BCUT2D eigenvalue weighted by molar-refractivity contribution is 9.10. The van der Waals surface area contributed by atoms with Gasteiger partial charge in [-0.1, -0.05) is 22.9 Å². The van der Waals surface area contributed by atoms with E-state index in [1.807, 2.05) is 0 Å². The number of hydrogen-bond acceptors (Lipinski definition) is 5. The molecule has 0 aliphatic rings. The molecule has 1 rings (SSSR count). The van der Waals surface area contributed by atoms with E-state index >= 15 is 0 Å². The van der Waals surface area contributed by atoms with Gasteiger partial charge in [-0.15, -0.1) is 0 Å². The number of nitrogens with zero attached hydrogens (tertiary/aromatic N) is 1. The van der Waals surface area contributed by atoms with Crippen LogP contribution in [0.4, 0.5) is 5.69 Å². The molecule has 2 N–H and O–H groups in total. The number of aryl methyl sites for hydroxylation is 1. The zero-order valence-electron chi connectivity index (χ0n) is 11.0. The van der Waals surface area contributed by atoms with E-state index in [1.54, 1.807) is 19.9 Å². The van der Waals surface area contributed by atoms with E-state index in [9.17, 15) is 18.5 Å². The van der Waals surface area contributed by atoms with Crippen molar-refractivity contribution < 1.29 is 18.1 Å². The first kappa shape index (κ1) is 16.9. The van der Waals surface area contributed by atoms with Crippen molar-refractivity contribution in [3.05, 3.63) is 32.3 Å². The molecule has 1 aromatic carbocycles. The first-order chi connectivity index (χ1) is 9.10. The van der Waals surface area contributed by atoms with Crippen molar-refractivity contribution in [2.75, 3.05) is 12.4 Å². The van der Waals surface area contributed by atoms with Gasteiger partial charge in [0.1, 0.15) is 0 Å². The predicted molar refractivity (Wildman–Crippen MR) is 78.2 cm³/mol. The van der Waals surface area contributed by atoms with Crippen molar-refractivity contribution in [1.82, 2.24) is 0 Å². The van der Waals surface area contributed by atoms with Crippen LogP contribution in [0.3, 0.4) is 0 Å². The molecule has 0 aliphatic carbocycles. The lowest BCUT2D eigenvalue weighted by atomic mass is 10.2. The standard InChI is InChI=1S/C11H15BrN2O5S/c1-7(6-20(13,17)18)5-19-11-8(2)3-9(12)4-10(11)14(15)16/h3-4,7H,5-6H2,1-2H3,(H2,13,17,18). The smallest absolute Gasteiger partial charge is 0.312 e. The third-order valence-electron chi connectivity index (χ3n) is 2.45. The fraction of sp³-hybridized carbons (Fsp3) is 0.455. The Morgan fingerprint density at radius 1 is 1.50 bits per heavy atom. The Kier molecular flexibility index (Phi) is 5.49. The molecular formula is C11H15BrN2O5S. The summed E-state index contributed by atoms with van der Waals surface area (Å²) in [6.45, 7) is 3.35. The van der Waals surface area contributed by atoms with E-state index in [0.717, 1.165) is 0 Å². The van der Waals surface area contributed by atoms with Crippen molar-refractivity contribution in [3.8, 4) is 5.75 Å². The second kappa shape index (κ2) is 6.51. The van der Waals surface area contributed by atoms with Gasteiger partial charge < -0.3 is 4.74 Å². The molecule has 0 saturated heterocycles. The molecule has 0 aliphatic heterocycles. The average molecular weight is 367 g/mol. The van der Waals surface area contributed by atoms with Crippen molar-refractivity contribution >= 4 is 31.6 Å². The van der Waals surface area contributed by atoms with Crippen LogP contribution in [0.15, 0.2) is 16.6 Å². The average Bonchev–Trinajstić information content (AvgIpc) is 2.24. The molecule has 9 heteroatoms. The minimum atomic E-state index is -3.59. The third-order valence-corrected chi connectivity index (χ3v) is 3.94. The molecule has 0 saturated carbocycles. The van der Waals surface area contributed by atoms with Crippen LogP contribution < -0.4 is 9.88 Å². The molecule has 0 heterocycles. The van der Waals surface area contributed by atoms with Crippen LogP contribution in [0, 0.1) is 23.0 Å². The third kappa shape index (κ3) is 5.06. The lowest BCUT2D eigenvalue weighted by Crippen LogP contribution is -2.25. The monoisotopic (exact) mass is 366 g/mol. The highest BCUT2D eigenvalue weighted by Gasteiger charge is 2.20. The maximum atomic E-state index is 11.0. The summed E-state index contributed by atoms with van der Waals surface area (Å²) in [5.41, 5.74) is 0.425. The van der Waals surface area contributed by atoms with Crippen LogP contribution in [0.5, 0.6) is 5.75 Å². The Hall–Kier alpha value is -1.19. The lowest BCUT2D eigenvalue weighted by Gasteiger charge is -2.14. The molecule has 20 heavy (non-hydrogen) atoms. The van der Waals surface area contributed by atoms with Crippen LogP contribution in [-0.2, 0) is 10.0 Å². The van der Waals surface area contributed by atoms with E-state index in [2.05, 4.69) is 15.9 Å². The van der Waals surface area contributed by atoms with Gasteiger partial charge in [-0.05, 0) is 18.6 Å². The first-order valence-corrected chi connectivity index (χ1v) is 8.19. The molecule has 1 unspecified atom stereocenters. The van der Waals surface area contributed by atoms with E-state index in [0.29, 0.717) is 10.0 Å². The number of nitro benzene ring substituents is 1. The number of hydrogen-bond donors (Lipinski definition) is 1. The van der Waals surface area contributed by atoms with Gasteiger partial charge >= 0.3 is 5.69 Å². The Labute approximate surface area is 125 Å². The predicted octanol–water partition coefficient (Wildman–Crippen LogP) is 1.97. The molecule has 0 fully saturated rings. The Balaban J connectivity index is 2.90. The van der Waals surface area contributed by atoms with Crippen molar-refractivity contribution in [1.29, 1.82) is 0 Å². The van der Waals surface area contributed by atoms with Crippen LogP contribution in [0.2, 0.25) is 0 Å². The van der Waals surface area contributed by atoms with Crippen LogP contribution in [0.1, 0.15) is 12.5 Å². The van der Waals surface area contributed by atoms with Gasteiger partial charge in [0.2, 0.25) is 10.0 Å². The van der Waals surface area contributed by atoms with E-state index in [-0.39, 0.29) is 29.7 Å². The zero-order valence-corrected chi connectivity index (χ0v) is 13.4. The van der Waals surface area contributed by atoms with Gasteiger partial charge in [0.25, 0.3) is 0 Å². The van der Waals surface area contributed by atoms with Crippen LogP contribution in [0.25, 0.3) is 0 Å². The number of ether oxygens (including phenoxy) is 1. The largest absolute Gasteiger partial charge is 0.486 e. The van der Waals surface area contributed by atoms with Gasteiger partial charge in [-0.2, -0.15) is 0 Å². The molecule has 7 nitrogen and oxygen atoms in total. The summed E-state index contributed by atoms with van der Waals surface area (Å²) in [6.07, 6.45) is 0. The number of nitrogens with two attached hydrogens (primary N) is 1. The summed E-state index contributed by atoms with van der Waals surface area (Å²) in [4.78, 5) is 10.4. The van der Waals surface area contributed by atoms with E-state index < -0.39 is 14.9 Å². The summed E-state index contributed by atoms with van der Waals surface area (Å²) in [5, 5.41) is 15.9. The van der Waals surface area contributed by atoms with Gasteiger partial charge in [-0.25, -0.2) is 13.6 Å². The molecule has 0 radical (unpaired) electrons. The summed E-state index contributed by atoms with van der Waals surface area (Å²) in [5.74, 6) is -0.469. The van der Waals surface area contributed by atoms with E-state index in [1.165, 1.54) is 6.07 Å². The van der Waals surface area contributed by atoms with Gasteiger partial charge in [0, 0.05) is 16.5 Å². The zero-order chi connectivity index (χ0) is 15.5. The minimum Gasteiger partial charge on any atom is -0.486 e. The van der Waals surface area contributed by atoms with Crippen molar-refractivity contribution in [2.45, 2.75) is 13.8 Å². The maximum Gasteiger partial charge on any atom is 0.312 e. The maximum absolute atomic E-state index is 11.0. The Bertz CT molecular complexity index is 617. The number of primary sulfonamides is 1. The summed E-state index contributed by atoms with van der Waals surface area (Å²) in [6, 6.07) is 3.03. The van der Waals surface area contributed by atoms with Crippen molar-refractivity contribution in [3.63, 3.8) is 0 Å². The fourth-order valence-electron chi connectivity index (χ4n) is 1.71. The molecule has 0 bridgehead atoms. The van der Waals surface area contributed by atoms with Gasteiger partial charge in [0.15, 0.2) is 5.75 Å². The fourth-order valence-corrected chi connectivity index (χ4v) is 3.16. The number of rotatable bonds is 6. The topological polar surface area (TPSA) is 113 Å². The van der Waals surface area contributed by atoms with Crippen molar-refractivity contribution in [2.24, 2.45) is 11.1 Å². The van der Waals surface area contributed by atoms with Crippen LogP contribution >= 0.6 is 15.9 Å². The number of sulfonamides is 1. The highest BCUT2D eigenvalue weighted by atomic mass is 79.9. The Morgan fingerprint density at radius 2 is 2.10 bits per heavy atom. The molecule has 1 aromatic rings. The lowest BCUT2D eigenvalue weighted by molar-refractivity contribution is -0.386. The molecule has 0 amide bonds. The van der Waals surface area contributed by atoms with Crippen LogP contribution in [-0.4, -0.2) is 25.7 Å². The first-order valence-electron chi connectivity index (χ1n) is 5.68.